The number of carbonyl (C=O) groups excluding carboxylic acids is 1. The number of aldehydes is 1. The van der Waals surface area contributed by atoms with Crippen molar-refractivity contribution in [3.05, 3.63) is 74.7 Å². The van der Waals surface area contributed by atoms with Crippen LogP contribution in [-0.2, 0) is 6.42 Å². The van der Waals surface area contributed by atoms with Crippen molar-refractivity contribution in [3.63, 3.8) is 0 Å². The van der Waals surface area contributed by atoms with Gasteiger partial charge >= 0.3 is 0 Å². The summed E-state index contributed by atoms with van der Waals surface area (Å²) in [5.41, 5.74) is 2.54. The van der Waals surface area contributed by atoms with E-state index in [4.69, 9.17) is 23.2 Å². The van der Waals surface area contributed by atoms with E-state index < -0.39 is 0 Å². The van der Waals surface area contributed by atoms with Crippen LogP contribution in [0.5, 0.6) is 0 Å². The Labute approximate surface area is 142 Å². The van der Waals surface area contributed by atoms with E-state index in [1.807, 2.05) is 48.5 Å². The number of thiazole rings is 1. The average Bonchev–Trinajstić information content (AvgIpc) is 2.93. The van der Waals surface area contributed by atoms with Crippen LogP contribution in [0.25, 0.3) is 10.6 Å². The topological polar surface area (TPSA) is 30.0 Å². The van der Waals surface area contributed by atoms with Gasteiger partial charge < -0.3 is 0 Å². The molecule has 5 heteroatoms. The molecular weight excluding hydrogens is 337 g/mol. The molecule has 2 nitrogen and oxygen atoms in total. The van der Waals surface area contributed by atoms with Gasteiger partial charge in [-0.05, 0) is 29.8 Å². The van der Waals surface area contributed by atoms with Gasteiger partial charge in [0.15, 0.2) is 6.29 Å². The second-order valence-electron chi connectivity index (χ2n) is 4.76. The molecule has 0 spiro atoms. The van der Waals surface area contributed by atoms with Gasteiger partial charge in [-0.1, -0.05) is 47.5 Å². The lowest BCUT2D eigenvalue weighted by molar-refractivity contribution is 0.111. The molecule has 0 aliphatic heterocycles. The van der Waals surface area contributed by atoms with Crippen molar-refractivity contribution in [1.82, 2.24) is 4.98 Å². The summed E-state index contributed by atoms with van der Waals surface area (Å²) in [4.78, 5) is 16.6. The number of hydrogen-bond acceptors (Lipinski definition) is 3. The molecule has 1 aromatic heterocycles. The van der Waals surface area contributed by atoms with Crippen LogP contribution >= 0.6 is 34.5 Å². The van der Waals surface area contributed by atoms with Gasteiger partial charge in [0.05, 0.1) is 0 Å². The molecule has 1 heterocycles. The number of carbonyl (C=O) groups is 1. The summed E-state index contributed by atoms with van der Waals surface area (Å²) >= 11 is 13.3. The van der Waals surface area contributed by atoms with Crippen LogP contribution in [-0.4, -0.2) is 11.3 Å². The normalized spacial score (nSPS) is 10.6. The van der Waals surface area contributed by atoms with Gasteiger partial charge in [-0.25, -0.2) is 4.98 Å². The van der Waals surface area contributed by atoms with Crippen molar-refractivity contribution in [2.45, 2.75) is 6.42 Å². The van der Waals surface area contributed by atoms with E-state index in [2.05, 4.69) is 4.98 Å². The van der Waals surface area contributed by atoms with Gasteiger partial charge in [-0.3, -0.25) is 4.79 Å². The summed E-state index contributed by atoms with van der Waals surface area (Å²) in [5, 5.41) is 2.20. The van der Waals surface area contributed by atoms with Crippen LogP contribution in [0.2, 0.25) is 10.0 Å². The summed E-state index contributed by atoms with van der Waals surface area (Å²) in [6, 6.07) is 15.0. The van der Waals surface area contributed by atoms with E-state index in [0.29, 0.717) is 22.2 Å². The molecule has 0 fully saturated rings. The largest absolute Gasteiger partial charge is 0.296 e. The third kappa shape index (κ3) is 3.38. The number of nitrogens with zero attached hydrogens (tertiary/aromatic N) is 1. The lowest BCUT2D eigenvalue weighted by Gasteiger charge is -1.99. The highest BCUT2D eigenvalue weighted by Gasteiger charge is 2.12. The minimum Gasteiger partial charge on any atom is -0.296 e. The van der Waals surface area contributed by atoms with Gasteiger partial charge in [-0.2, -0.15) is 0 Å². The number of halogens is 2. The van der Waals surface area contributed by atoms with E-state index in [0.717, 1.165) is 27.3 Å². The molecule has 2 aromatic carbocycles. The van der Waals surface area contributed by atoms with Gasteiger partial charge in [0.2, 0.25) is 0 Å². The first-order chi connectivity index (χ1) is 10.7. The highest BCUT2D eigenvalue weighted by atomic mass is 35.5. The Morgan fingerprint density at radius 2 is 1.55 bits per heavy atom. The molecule has 0 bridgehead atoms. The Bertz CT molecular complexity index is 795. The Kier molecular flexibility index (Phi) is 4.57. The predicted molar refractivity (Wildman–Crippen MR) is 92.2 cm³/mol. The summed E-state index contributed by atoms with van der Waals surface area (Å²) < 4.78 is 0. The smallest absolute Gasteiger partial charge is 0.169 e. The second kappa shape index (κ2) is 6.61. The molecule has 0 aliphatic carbocycles. The third-order valence-corrected chi connectivity index (χ3v) is 4.83. The molecule has 0 N–H and O–H groups in total. The number of benzene rings is 2. The van der Waals surface area contributed by atoms with E-state index in [-0.39, 0.29) is 0 Å². The minimum atomic E-state index is 0.491. The van der Waals surface area contributed by atoms with Gasteiger partial charge in [0, 0.05) is 26.9 Å². The molecule has 0 unspecified atom stereocenters. The molecule has 0 atom stereocenters. The lowest BCUT2D eigenvalue weighted by atomic mass is 10.1. The zero-order chi connectivity index (χ0) is 15.5. The van der Waals surface area contributed by atoms with E-state index in [1.165, 1.54) is 11.3 Å². The van der Waals surface area contributed by atoms with Crippen LogP contribution in [0, 0.1) is 0 Å². The standard InChI is InChI=1S/C17H11Cl2NOS/c18-13-5-1-11(2-6-13)9-16-15(10-21)20-17(22-16)12-3-7-14(19)8-4-12/h1-8,10H,9H2. The molecule has 0 aliphatic rings. The number of aromatic nitrogens is 1. The molecule has 0 saturated heterocycles. The van der Waals surface area contributed by atoms with Crippen LogP contribution < -0.4 is 0 Å². The zero-order valence-electron chi connectivity index (χ0n) is 11.4. The quantitative estimate of drug-likeness (QED) is 0.581. The first-order valence-electron chi connectivity index (χ1n) is 6.61. The van der Waals surface area contributed by atoms with E-state index in [9.17, 15) is 4.79 Å². The first-order valence-corrected chi connectivity index (χ1v) is 8.18. The van der Waals surface area contributed by atoms with Gasteiger partial charge in [0.1, 0.15) is 10.7 Å². The molecule has 22 heavy (non-hydrogen) atoms. The van der Waals surface area contributed by atoms with Crippen molar-refractivity contribution < 1.29 is 4.79 Å². The van der Waals surface area contributed by atoms with E-state index in [1.54, 1.807) is 0 Å². The van der Waals surface area contributed by atoms with Crippen LogP contribution in [0.3, 0.4) is 0 Å². The maximum absolute atomic E-state index is 11.3. The van der Waals surface area contributed by atoms with Crippen molar-refractivity contribution >= 4 is 40.8 Å². The molecule has 110 valence electrons. The fraction of sp³-hybridized carbons (Fsp3) is 0.0588. The van der Waals surface area contributed by atoms with Crippen molar-refractivity contribution in [2.75, 3.05) is 0 Å². The summed E-state index contributed by atoms with van der Waals surface area (Å²) in [6.07, 6.45) is 1.47. The molecule has 0 radical (unpaired) electrons. The molecular formula is C17H11Cl2NOS. The fourth-order valence-corrected chi connectivity index (χ4v) is 3.41. The molecule has 0 saturated carbocycles. The number of rotatable bonds is 4. The average molecular weight is 348 g/mol. The van der Waals surface area contributed by atoms with Crippen LogP contribution in [0.1, 0.15) is 20.9 Å². The van der Waals surface area contributed by atoms with Crippen molar-refractivity contribution in [2.24, 2.45) is 0 Å². The summed E-state index contributed by atoms with van der Waals surface area (Å²) in [6.45, 7) is 0. The van der Waals surface area contributed by atoms with E-state index >= 15 is 0 Å². The minimum absolute atomic E-state index is 0.491. The Hall–Kier alpha value is -1.68. The first kappa shape index (κ1) is 15.2. The maximum Gasteiger partial charge on any atom is 0.169 e. The lowest BCUT2D eigenvalue weighted by Crippen LogP contribution is -1.90. The van der Waals surface area contributed by atoms with Crippen LogP contribution in [0.4, 0.5) is 0 Å². The SMILES string of the molecule is O=Cc1nc(-c2ccc(Cl)cc2)sc1Cc1ccc(Cl)cc1. The van der Waals surface area contributed by atoms with Crippen LogP contribution in [0.15, 0.2) is 48.5 Å². The zero-order valence-corrected chi connectivity index (χ0v) is 13.8. The fourth-order valence-electron chi connectivity index (χ4n) is 2.09. The maximum atomic E-state index is 11.3. The Morgan fingerprint density at radius 1 is 0.955 bits per heavy atom. The molecule has 3 aromatic rings. The van der Waals surface area contributed by atoms with Crippen molar-refractivity contribution in [1.29, 1.82) is 0 Å². The Balaban J connectivity index is 1.92. The van der Waals surface area contributed by atoms with Crippen molar-refractivity contribution in [3.8, 4) is 10.6 Å². The Morgan fingerprint density at radius 3 is 2.14 bits per heavy atom. The highest BCUT2D eigenvalue weighted by molar-refractivity contribution is 7.15. The monoisotopic (exact) mass is 347 g/mol. The molecule has 0 amide bonds. The van der Waals surface area contributed by atoms with Gasteiger partial charge in [-0.15, -0.1) is 11.3 Å². The summed E-state index contributed by atoms with van der Waals surface area (Å²) in [5.74, 6) is 0. The predicted octanol–water partition coefficient (Wildman–Crippen LogP) is 5.52. The third-order valence-electron chi connectivity index (χ3n) is 3.21. The second-order valence-corrected chi connectivity index (χ2v) is 6.71. The van der Waals surface area contributed by atoms with Gasteiger partial charge in [0.25, 0.3) is 0 Å². The molecule has 3 rings (SSSR count). The number of hydrogen-bond donors (Lipinski definition) is 0. The summed E-state index contributed by atoms with van der Waals surface area (Å²) in [7, 11) is 0. The highest BCUT2D eigenvalue weighted by Crippen LogP contribution is 2.30.